The van der Waals surface area contributed by atoms with Crippen molar-refractivity contribution in [3.8, 4) is 0 Å². The Morgan fingerprint density at radius 3 is 2.21 bits per heavy atom. The van der Waals surface area contributed by atoms with Crippen LogP contribution in [0.1, 0.15) is 47.0 Å². The molecule has 0 aromatic carbocycles. The van der Waals surface area contributed by atoms with Crippen LogP contribution >= 0.6 is 11.6 Å². The maximum atomic E-state index is 5.78. The highest BCUT2D eigenvalue weighted by Crippen LogP contribution is 2.09. The Balaban J connectivity index is 3.69. The van der Waals surface area contributed by atoms with Crippen LogP contribution in [0.25, 0.3) is 0 Å². The summed E-state index contributed by atoms with van der Waals surface area (Å²) in [6.07, 6.45) is 3.68. The number of nitrogens with one attached hydrogen (secondary N) is 1. The molecule has 0 amide bonds. The maximum absolute atomic E-state index is 5.78. The van der Waals surface area contributed by atoms with Crippen LogP contribution in [0.5, 0.6) is 0 Å². The molecule has 1 N–H and O–H groups in total. The van der Waals surface area contributed by atoms with E-state index in [9.17, 15) is 0 Å². The second-order valence-corrected chi connectivity index (χ2v) is 5.01. The molecule has 0 saturated heterocycles. The van der Waals surface area contributed by atoms with Crippen molar-refractivity contribution >= 4 is 11.6 Å². The van der Waals surface area contributed by atoms with Crippen molar-refractivity contribution < 1.29 is 0 Å². The highest BCUT2D eigenvalue weighted by atomic mass is 35.5. The SMILES string of the molecule is CCCC(C)CNC(CCCl)C(C)C. The largest absolute Gasteiger partial charge is 0.313 e. The van der Waals surface area contributed by atoms with Crippen LogP contribution in [0, 0.1) is 11.8 Å². The molecule has 0 heterocycles. The average molecular weight is 220 g/mol. The molecule has 0 spiro atoms. The maximum Gasteiger partial charge on any atom is 0.0238 e. The molecule has 2 unspecified atom stereocenters. The first-order valence-electron chi connectivity index (χ1n) is 5.91. The van der Waals surface area contributed by atoms with E-state index >= 15 is 0 Å². The Morgan fingerprint density at radius 2 is 1.79 bits per heavy atom. The summed E-state index contributed by atoms with van der Waals surface area (Å²) in [7, 11) is 0. The Hall–Kier alpha value is 0.250. The molecule has 2 heteroatoms. The predicted molar refractivity (Wildman–Crippen MR) is 66.0 cm³/mol. The van der Waals surface area contributed by atoms with Gasteiger partial charge in [-0.15, -0.1) is 11.6 Å². The molecule has 0 aliphatic carbocycles. The summed E-state index contributed by atoms with van der Waals surface area (Å²) in [5.41, 5.74) is 0. The summed E-state index contributed by atoms with van der Waals surface area (Å²) in [5.74, 6) is 2.23. The molecule has 0 fully saturated rings. The minimum atomic E-state index is 0.590. The lowest BCUT2D eigenvalue weighted by Gasteiger charge is -2.23. The summed E-state index contributed by atoms with van der Waals surface area (Å²) >= 11 is 5.78. The Morgan fingerprint density at radius 1 is 1.14 bits per heavy atom. The van der Waals surface area contributed by atoms with Crippen molar-refractivity contribution in [3.63, 3.8) is 0 Å². The van der Waals surface area contributed by atoms with Crippen LogP contribution in [-0.4, -0.2) is 18.5 Å². The van der Waals surface area contributed by atoms with E-state index in [4.69, 9.17) is 11.6 Å². The van der Waals surface area contributed by atoms with Gasteiger partial charge in [-0.25, -0.2) is 0 Å². The molecule has 14 heavy (non-hydrogen) atoms. The monoisotopic (exact) mass is 219 g/mol. The molecule has 86 valence electrons. The first-order valence-corrected chi connectivity index (χ1v) is 6.44. The van der Waals surface area contributed by atoms with E-state index < -0.39 is 0 Å². The van der Waals surface area contributed by atoms with Gasteiger partial charge in [-0.2, -0.15) is 0 Å². The van der Waals surface area contributed by atoms with Crippen molar-refractivity contribution in [2.24, 2.45) is 11.8 Å². The molecular weight excluding hydrogens is 194 g/mol. The first-order chi connectivity index (χ1) is 6.61. The number of rotatable bonds is 8. The third-order valence-corrected chi connectivity index (χ3v) is 2.95. The van der Waals surface area contributed by atoms with E-state index in [2.05, 4.69) is 33.0 Å². The van der Waals surface area contributed by atoms with Crippen molar-refractivity contribution in [2.75, 3.05) is 12.4 Å². The van der Waals surface area contributed by atoms with Crippen molar-refractivity contribution in [1.29, 1.82) is 0 Å². The highest BCUT2D eigenvalue weighted by molar-refractivity contribution is 6.17. The fourth-order valence-electron chi connectivity index (χ4n) is 1.74. The second kappa shape index (κ2) is 8.55. The highest BCUT2D eigenvalue weighted by Gasteiger charge is 2.12. The van der Waals surface area contributed by atoms with Gasteiger partial charge in [-0.05, 0) is 31.2 Å². The van der Waals surface area contributed by atoms with Gasteiger partial charge in [0, 0.05) is 11.9 Å². The topological polar surface area (TPSA) is 12.0 Å². The molecular formula is C12H26ClN. The smallest absolute Gasteiger partial charge is 0.0238 e. The Labute approximate surface area is 94.6 Å². The number of halogens is 1. The van der Waals surface area contributed by atoms with Crippen molar-refractivity contribution in [1.82, 2.24) is 5.32 Å². The number of hydrogen-bond donors (Lipinski definition) is 1. The molecule has 0 saturated carbocycles. The minimum absolute atomic E-state index is 0.590. The van der Waals surface area contributed by atoms with Gasteiger partial charge in [0.2, 0.25) is 0 Å². The van der Waals surface area contributed by atoms with Crippen LogP contribution < -0.4 is 5.32 Å². The van der Waals surface area contributed by atoms with Crippen LogP contribution in [0.4, 0.5) is 0 Å². The lowest BCUT2D eigenvalue weighted by Crippen LogP contribution is -2.37. The second-order valence-electron chi connectivity index (χ2n) is 4.63. The Bertz CT molecular complexity index is 125. The van der Waals surface area contributed by atoms with Gasteiger partial charge in [0.1, 0.15) is 0 Å². The van der Waals surface area contributed by atoms with Crippen LogP contribution in [0.2, 0.25) is 0 Å². The lowest BCUT2D eigenvalue weighted by atomic mass is 10.00. The van der Waals surface area contributed by atoms with E-state index in [1.807, 2.05) is 0 Å². The number of alkyl halides is 1. The van der Waals surface area contributed by atoms with E-state index in [0.29, 0.717) is 12.0 Å². The summed E-state index contributed by atoms with van der Waals surface area (Å²) in [5, 5.41) is 3.62. The fraction of sp³-hybridized carbons (Fsp3) is 1.00. The van der Waals surface area contributed by atoms with Crippen molar-refractivity contribution in [2.45, 2.75) is 53.0 Å². The summed E-state index contributed by atoms with van der Waals surface area (Å²) in [6.45, 7) is 10.2. The summed E-state index contributed by atoms with van der Waals surface area (Å²) < 4.78 is 0. The van der Waals surface area contributed by atoms with Gasteiger partial charge in [-0.1, -0.05) is 34.1 Å². The average Bonchev–Trinajstić information content (AvgIpc) is 2.12. The van der Waals surface area contributed by atoms with Crippen LogP contribution in [-0.2, 0) is 0 Å². The van der Waals surface area contributed by atoms with E-state index in [1.54, 1.807) is 0 Å². The standard InChI is InChI=1S/C12H26ClN/c1-5-6-11(4)9-14-12(7-8-13)10(2)3/h10-12,14H,5-9H2,1-4H3. The van der Waals surface area contributed by atoms with Crippen LogP contribution in [0.3, 0.4) is 0 Å². The zero-order valence-electron chi connectivity index (χ0n) is 10.1. The predicted octanol–water partition coefficient (Wildman–Crippen LogP) is 3.67. The van der Waals surface area contributed by atoms with Gasteiger partial charge in [0.25, 0.3) is 0 Å². The molecule has 0 radical (unpaired) electrons. The third kappa shape index (κ3) is 6.67. The molecule has 1 nitrogen and oxygen atoms in total. The quantitative estimate of drug-likeness (QED) is 0.615. The van der Waals surface area contributed by atoms with Crippen molar-refractivity contribution in [3.05, 3.63) is 0 Å². The molecule has 2 atom stereocenters. The molecule has 0 aromatic heterocycles. The molecule has 0 bridgehead atoms. The molecule has 0 aliphatic rings. The first kappa shape index (κ1) is 14.2. The van der Waals surface area contributed by atoms with Gasteiger partial charge in [0.05, 0.1) is 0 Å². The van der Waals surface area contributed by atoms with Gasteiger partial charge < -0.3 is 5.32 Å². The molecule has 0 aliphatic heterocycles. The third-order valence-electron chi connectivity index (χ3n) is 2.73. The normalized spacial score (nSPS) is 15.9. The summed E-state index contributed by atoms with van der Waals surface area (Å²) in [4.78, 5) is 0. The van der Waals surface area contributed by atoms with Gasteiger partial charge >= 0.3 is 0 Å². The molecule has 0 aromatic rings. The zero-order valence-corrected chi connectivity index (χ0v) is 10.9. The summed E-state index contributed by atoms with van der Waals surface area (Å²) in [6, 6.07) is 0.590. The zero-order chi connectivity index (χ0) is 11.0. The lowest BCUT2D eigenvalue weighted by molar-refractivity contribution is 0.355. The van der Waals surface area contributed by atoms with E-state index in [1.165, 1.54) is 12.8 Å². The minimum Gasteiger partial charge on any atom is -0.313 e. The fourth-order valence-corrected chi connectivity index (χ4v) is 1.97. The van der Waals surface area contributed by atoms with Crippen LogP contribution in [0.15, 0.2) is 0 Å². The number of hydrogen-bond acceptors (Lipinski definition) is 1. The van der Waals surface area contributed by atoms with E-state index in [0.717, 1.165) is 24.8 Å². The van der Waals surface area contributed by atoms with Gasteiger partial charge in [-0.3, -0.25) is 0 Å². The Kier molecular flexibility index (Phi) is 8.70. The molecule has 0 rings (SSSR count). The van der Waals surface area contributed by atoms with E-state index in [-0.39, 0.29) is 0 Å². The van der Waals surface area contributed by atoms with Gasteiger partial charge in [0.15, 0.2) is 0 Å².